The third-order valence-electron chi connectivity index (χ3n) is 4.87. The van der Waals surface area contributed by atoms with Gasteiger partial charge in [0, 0.05) is 45.5 Å². The van der Waals surface area contributed by atoms with E-state index >= 15 is 0 Å². The van der Waals surface area contributed by atoms with E-state index in [4.69, 9.17) is 9.47 Å². The van der Waals surface area contributed by atoms with E-state index in [9.17, 15) is 13.6 Å². The molecule has 0 N–H and O–H groups in total. The van der Waals surface area contributed by atoms with Gasteiger partial charge in [-0.25, -0.2) is 8.78 Å². The van der Waals surface area contributed by atoms with Crippen molar-refractivity contribution >= 4 is 11.6 Å². The number of hydrogen-bond donors (Lipinski definition) is 0. The monoisotopic (exact) mass is 404 g/mol. The number of rotatable bonds is 8. The van der Waals surface area contributed by atoms with Crippen LogP contribution in [-0.2, 0) is 16.1 Å². The molecular formula is C22H26F2N2O3. The fourth-order valence-corrected chi connectivity index (χ4v) is 3.23. The van der Waals surface area contributed by atoms with Gasteiger partial charge < -0.3 is 19.3 Å². The van der Waals surface area contributed by atoms with Gasteiger partial charge in [0.1, 0.15) is 5.82 Å². The van der Waals surface area contributed by atoms with Crippen LogP contribution in [0.3, 0.4) is 0 Å². The standard InChI is InChI=1S/C22H26F2N2O3/c1-25(2)18-8-5-16(6-9-18)13-26(14-19-4-3-11-28-19)22(27)15-29-21-10-7-17(23)12-20(21)24/h5-10,12,19H,3-4,11,13-15H2,1-2H3. The third-order valence-corrected chi connectivity index (χ3v) is 4.87. The summed E-state index contributed by atoms with van der Waals surface area (Å²) in [6.07, 6.45) is 1.86. The maximum absolute atomic E-state index is 13.8. The SMILES string of the molecule is CN(C)c1ccc(CN(CC2CCCO2)C(=O)COc2ccc(F)cc2F)cc1. The molecule has 0 saturated carbocycles. The minimum absolute atomic E-state index is 0.0115. The number of anilines is 1. The van der Waals surface area contributed by atoms with Gasteiger partial charge in [-0.2, -0.15) is 0 Å². The Hall–Kier alpha value is -2.67. The van der Waals surface area contributed by atoms with Crippen LogP contribution in [0.15, 0.2) is 42.5 Å². The Kier molecular flexibility index (Phi) is 7.04. The lowest BCUT2D eigenvalue weighted by Crippen LogP contribution is -2.39. The zero-order chi connectivity index (χ0) is 20.8. The van der Waals surface area contributed by atoms with E-state index in [2.05, 4.69) is 0 Å². The highest BCUT2D eigenvalue weighted by Crippen LogP contribution is 2.20. The van der Waals surface area contributed by atoms with E-state index in [1.165, 1.54) is 6.07 Å². The van der Waals surface area contributed by atoms with Crippen LogP contribution in [0, 0.1) is 11.6 Å². The largest absolute Gasteiger partial charge is 0.481 e. The van der Waals surface area contributed by atoms with E-state index in [0.29, 0.717) is 19.7 Å². The molecule has 1 atom stereocenters. The molecule has 1 saturated heterocycles. The Bertz CT molecular complexity index is 821. The highest BCUT2D eigenvalue weighted by atomic mass is 19.1. The third kappa shape index (κ3) is 5.90. The fourth-order valence-electron chi connectivity index (χ4n) is 3.23. The van der Waals surface area contributed by atoms with Crippen molar-refractivity contribution in [1.29, 1.82) is 0 Å². The first kappa shape index (κ1) is 21.0. The zero-order valence-corrected chi connectivity index (χ0v) is 16.7. The number of nitrogens with zero attached hydrogens (tertiary/aromatic N) is 2. The molecule has 0 spiro atoms. The summed E-state index contributed by atoms with van der Waals surface area (Å²) in [5.74, 6) is -1.95. The Balaban J connectivity index is 1.67. The average molecular weight is 404 g/mol. The van der Waals surface area contributed by atoms with Crippen LogP contribution in [0.1, 0.15) is 18.4 Å². The van der Waals surface area contributed by atoms with Crippen LogP contribution in [0.25, 0.3) is 0 Å². The number of ether oxygens (including phenoxy) is 2. The van der Waals surface area contributed by atoms with Crippen molar-refractivity contribution in [3.63, 3.8) is 0 Å². The highest BCUT2D eigenvalue weighted by Gasteiger charge is 2.23. The molecule has 0 radical (unpaired) electrons. The maximum Gasteiger partial charge on any atom is 0.260 e. The molecule has 5 nitrogen and oxygen atoms in total. The van der Waals surface area contributed by atoms with Crippen molar-refractivity contribution < 1.29 is 23.0 Å². The molecule has 1 aliphatic rings. The predicted octanol–water partition coefficient (Wildman–Crippen LogP) is 3.62. The Morgan fingerprint density at radius 2 is 1.93 bits per heavy atom. The predicted molar refractivity (Wildman–Crippen MR) is 107 cm³/mol. The first-order chi connectivity index (χ1) is 13.9. The van der Waals surface area contributed by atoms with E-state index in [1.54, 1.807) is 4.90 Å². The van der Waals surface area contributed by atoms with Crippen molar-refractivity contribution in [2.24, 2.45) is 0 Å². The van der Waals surface area contributed by atoms with Crippen LogP contribution >= 0.6 is 0 Å². The summed E-state index contributed by atoms with van der Waals surface area (Å²) in [6.45, 7) is 1.22. The molecule has 0 aliphatic carbocycles. The summed E-state index contributed by atoms with van der Waals surface area (Å²) in [4.78, 5) is 16.5. The zero-order valence-electron chi connectivity index (χ0n) is 16.7. The van der Waals surface area contributed by atoms with E-state index in [0.717, 1.165) is 36.2 Å². The molecule has 156 valence electrons. The summed E-state index contributed by atoms with van der Waals surface area (Å²) in [5, 5.41) is 0. The van der Waals surface area contributed by atoms with E-state index in [1.807, 2.05) is 43.3 Å². The first-order valence-corrected chi connectivity index (χ1v) is 9.66. The smallest absolute Gasteiger partial charge is 0.260 e. The van der Waals surface area contributed by atoms with E-state index < -0.39 is 11.6 Å². The average Bonchev–Trinajstić information content (AvgIpc) is 3.20. The van der Waals surface area contributed by atoms with Crippen molar-refractivity contribution in [2.75, 3.05) is 38.8 Å². The quantitative estimate of drug-likeness (QED) is 0.674. The molecule has 29 heavy (non-hydrogen) atoms. The summed E-state index contributed by atoms with van der Waals surface area (Å²) >= 11 is 0. The van der Waals surface area contributed by atoms with Gasteiger partial charge in [-0.3, -0.25) is 4.79 Å². The molecule has 3 rings (SSSR count). The van der Waals surface area contributed by atoms with Gasteiger partial charge in [-0.1, -0.05) is 12.1 Å². The number of benzene rings is 2. The second kappa shape index (κ2) is 9.69. The molecule has 2 aromatic rings. The molecule has 7 heteroatoms. The Labute approximate surface area is 169 Å². The van der Waals surface area contributed by atoms with Crippen LogP contribution in [0.5, 0.6) is 5.75 Å². The van der Waals surface area contributed by atoms with Crippen LogP contribution < -0.4 is 9.64 Å². The molecule has 1 unspecified atom stereocenters. The topological polar surface area (TPSA) is 42.0 Å². The van der Waals surface area contributed by atoms with Gasteiger partial charge in [0.05, 0.1) is 6.10 Å². The molecule has 0 aromatic heterocycles. The Morgan fingerprint density at radius 1 is 1.17 bits per heavy atom. The fraction of sp³-hybridized carbons (Fsp3) is 0.409. The van der Waals surface area contributed by atoms with Crippen LogP contribution in [-0.4, -0.2) is 50.8 Å². The highest BCUT2D eigenvalue weighted by molar-refractivity contribution is 5.77. The van der Waals surface area contributed by atoms with Gasteiger partial charge >= 0.3 is 0 Å². The number of halogens is 2. The summed E-state index contributed by atoms with van der Waals surface area (Å²) < 4.78 is 37.8. The Morgan fingerprint density at radius 3 is 2.55 bits per heavy atom. The molecular weight excluding hydrogens is 378 g/mol. The lowest BCUT2D eigenvalue weighted by Gasteiger charge is -2.26. The lowest BCUT2D eigenvalue weighted by molar-refractivity contribution is -0.135. The van der Waals surface area contributed by atoms with Crippen molar-refractivity contribution in [2.45, 2.75) is 25.5 Å². The summed E-state index contributed by atoms with van der Waals surface area (Å²) in [6, 6.07) is 11.0. The van der Waals surface area contributed by atoms with Gasteiger partial charge in [0.2, 0.25) is 0 Å². The summed E-state index contributed by atoms with van der Waals surface area (Å²) in [7, 11) is 3.93. The lowest BCUT2D eigenvalue weighted by atomic mass is 10.1. The molecule has 0 bridgehead atoms. The van der Waals surface area contributed by atoms with Crippen molar-refractivity contribution in [3.05, 3.63) is 59.7 Å². The van der Waals surface area contributed by atoms with Gasteiger partial charge in [0.25, 0.3) is 5.91 Å². The van der Waals surface area contributed by atoms with Crippen LogP contribution in [0.4, 0.5) is 14.5 Å². The van der Waals surface area contributed by atoms with Crippen molar-refractivity contribution in [1.82, 2.24) is 4.90 Å². The second-order valence-corrected chi connectivity index (χ2v) is 7.33. The maximum atomic E-state index is 13.8. The molecule has 1 aliphatic heterocycles. The second-order valence-electron chi connectivity index (χ2n) is 7.33. The minimum Gasteiger partial charge on any atom is -0.481 e. The minimum atomic E-state index is -0.831. The normalized spacial score (nSPS) is 15.9. The number of carbonyl (C=O) groups excluding carboxylic acids is 1. The van der Waals surface area contributed by atoms with Crippen LogP contribution in [0.2, 0.25) is 0 Å². The number of amides is 1. The number of carbonyl (C=O) groups is 1. The van der Waals surface area contributed by atoms with Crippen molar-refractivity contribution in [3.8, 4) is 5.75 Å². The first-order valence-electron chi connectivity index (χ1n) is 9.66. The van der Waals surface area contributed by atoms with E-state index in [-0.39, 0.29) is 24.4 Å². The molecule has 2 aromatic carbocycles. The number of hydrogen-bond acceptors (Lipinski definition) is 4. The molecule has 1 heterocycles. The molecule has 1 amide bonds. The van der Waals surface area contributed by atoms with Gasteiger partial charge in [0.15, 0.2) is 18.2 Å². The molecule has 1 fully saturated rings. The summed E-state index contributed by atoms with van der Waals surface area (Å²) in [5.41, 5.74) is 2.05. The van der Waals surface area contributed by atoms with Gasteiger partial charge in [-0.15, -0.1) is 0 Å². The van der Waals surface area contributed by atoms with Gasteiger partial charge in [-0.05, 0) is 42.7 Å².